The number of carbonyl (C=O) groups is 2. The highest BCUT2D eigenvalue weighted by molar-refractivity contribution is 7.90. The summed E-state index contributed by atoms with van der Waals surface area (Å²) >= 11 is 0. The van der Waals surface area contributed by atoms with E-state index in [1.807, 2.05) is 0 Å². The molecule has 0 aliphatic carbocycles. The molecule has 9 heteroatoms. The molecule has 1 unspecified atom stereocenters. The van der Waals surface area contributed by atoms with Crippen LogP contribution in [0.15, 0.2) is 42.9 Å². The predicted octanol–water partition coefficient (Wildman–Crippen LogP) is 0.0487. The highest BCUT2D eigenvalue weighted by Crippen LogP contribution is 2.19. The Morgan fingerprint density at radius 3 is 2.39 bits per heavy atom. The highest BCUT2D eigenvalue weighted by atomic mass is 32.2. The number of amides is 2. The van der Waals surface area contributed by atoms with E-state index in [1.54, 1.807) is 0 Å². The molecule has 0 saturated carbocycles. The van der Waals surface area contributed by atoms with Crippen LogP contribution in [0.25, 0.3) is 0 Å². The molecule has 0 radical (unpaired) electrons. The lowest BCUT2D eigenvalue weighted by atomic mass is 10.2. The van der Waals surface area contributed by atoms with E-state index in [1.165, 1.54) is 42.9 Å². The van der Waals surface area contributed by atoms with Crippen LogP contribution < -0.4 is 11.1 Å². The van der Waals surface area contributed by atoms with Crippen molar-refractivity contribution in [2.24, 2.45) is 5.73 Å². The summed E-state index contributed by atoms with van der Waals surface area (Å²) in [4.78, 5) is 30.9. The summed E-state index contributed by atoms with van der Waals surface area (Å²) in [5.41, 5.74) is 5.51. The van der Waals surface area contributed by atoms with Gasteiger partial charge >= 0.3 is 0 Å². The minimum Gasteiger partial charge on any atom is -0.364 e. The molecule has 0 fully saturated rings. The van der Waals surface area contributed by atoms with Gasteiger partial charge in [-0.05, 0) is 29.8 Å². The zero-order chi connectivity index (χ0) is 17.0. The van der Waals surface area contributed by atoms with E-state index in [-0.39, 0.29) is 16.8 Å². The van der Waals surface area contributed by atoms with E-state index in [0.29, 0.717) is 0 Å². The van der Waals surface area contributed by atoms with E-state index in [2.05, 4.69) is 15.3 Å². The van der Waals surface area contributed by atoms with Gasteiger partial charge in [0.2, 0.25) is 0 Å². The number of aromatic nitrogens is 2. The van der Waals surface area contributed by atoms with E-state index in [0.717, 1.165) is 6.26 Å². The molecular weight excluding hydrogens is 320 g/mol. The van der Waals surface area contributed by atoms with Crippen LogP contribution in [-0.4, -0.2) is 36.5 Å². The van der Waals surface area contributed by atoms with Gasteiger partial charge in [0.15, 0.2) is 15.2 Å². The van der Waals surface area contributed by atoms with E-state index >= 15 is 0 Å². The van der Waals surface area contributed by atoms with Crippen LogP contribution in [0.5, 0.6) is 0 Å². The maximum absolute atomic E-state index is 12.2. The zero-order valence-electron chi connectivity index (χ0n) is 12.1. The molecule has 0 aliphatic heterocycles. The number of nitrogens with zero attached hydrogens (tertiary/aromatic N) is 2. The molecule has 2 heterocycles. The lowest BCUT2D eigenvalue weighted by Gasteiger charge is -2.17. The Morgan fingerprint density at radius 1 is 1.17 bits per heavy atom. The average molecular weight is 334 g/mol. The van der Waals surface area contributed by atoms with Crippen molar-refractivity contribution in [3.63, 3.8) is 0 Å². The highest BCUT2D eigenvalue weighted by Gasteiger charge is 2.26. The molecule has 0 bridgehead atoms. The predicted molar refractivity (Wildman–Crippen MR) is 82.0 cm³/mol. The quantitative estimate of drug-likeness (QED) is 0.794. The summed E-state index contributed by atoms with van der Waals surface area (Å²) in [6.07, 6.45) is 5.07. The smallest absolute Gasteiger partial charge is 0.267 e. The number of rotatable bonds is 5. The first-order valence-electron chi connectivity index (χ1n) is 6.44. The third-order valence-electron chi connectivity index (χ3n) is 2.97. The second-order valence-electron chi connectivity index (χ2n) is 4.76. The average Bonchev–Trinajstić information content (AvgIpc) is 2.52. The monoisotopic (exact) mass is 334 g/mol. The molecule has 2 aromatic rings. The van der Waals surface area contributed by atoms with Crippen LogP contribution in [0.2, 0.25) is 0 Å². The largest absolute Gasteiger partial charge is 0.364 e. The fourth-order valence-corrected chi connectivity index (χ4v) is 2.85. The van der Waals surface area contributed by atoms with Crippen LogP contribution >= 0.6 is 0 Å². The lowest BCUT2D eigenvalue weighted by Crippen LogP contribution is -2.33. The van der Waals surface area contributed by atoms with Crippen molar-refractivity contribution >= 4 is 21.7 Å². The first-order valence-corrected chi connectivity index (χ1v) is 8.40. The molecule has 1 atom stereocenters. The molecule has 3 N–H and O–H groups in total. The Labute approximate surface area is 132 Å². The Morgan fingerprint density at radius 2 is 1.83 bits per heavy atom. The fraction of sp³-hybridized carbons (Fsp3) is 0.143. The van der Waals surface area contributed by atoms with Gasteiger partial charge in [0.25, 0.3) is 11.8 Å². The number of hydrogen-bond acceptors (Lipinski definition) is 6. The lowest BCUT2D eigenvalue weighted by molar-refractivity contribution is 0.0947. The van der Waals surface area contributed by atoms with Crippen LogP contribution in [0.1, 0.15) is 31.8 Å². The molecule has 0 spiro atoms. The number of sulfone groups is 1. The van der Waals surface area contributed by atoms with Gasteiger partial charge < -0.3 is 11.1 Å². The number of pyridine rings is 2. The van der Waals surface area contributed by atoms with Crippen molar-refractivity contribution in [3.05, 3.63) is 59.7 Å². The van der Waals surface area contributed by atoms with Crippen LogP contribution in [-0.2, 0) is 9.84 Å². The molecule has 2 aromatic heterocycles. The minimum atomic E-state index is -3.69. The van der Waals surface area contributed by atoms with Crippen LogP contribution in [0.3, 0.4) is 0 Å². The summed E-state index contributed by atoms with van der Waals surface area (Å²) in [7, 11) is -3.69. The van der Waals surface area contributed by atoms with E-state index in [4.69, 9.17) is 5.73 Å². The summed E-state index contributed by atoms with van der Waals surface area (Å²) in [5, 5.41) is 1.09. The maximum atomic E-state index is 12.2. The second-order valence-corrected chi connectivity index (χ2v) is 6.89. The molecule has 23 heavy (non-hydrogen) atoms. The maximum Gasteiger partial charge on any atom is 0.267 e. The standard InChI is InChI=1S/C14H14N4O4S/c1-23(21,22)14(10-4-7-17-11(8-10)12(15)19)18-13(20)9-2-5-16-6-3-9/h2-8,14H,1H3,(H2,15,19)(H,18,20). The number of nitrogens with one attached hydrogen (secondary N) is 1. The first kappa shape index (κ1) is 16.6. The molecule has 8 nitrogen and oxygen atoms in total. The summed E-state index contributed by atoms with van der Waals surface area (Å²) < 4.78 is 24.0. The Kier molecular flexibility index (Phi) is 4.70. The normalized spacial score (nSPS) is 12.4. The molecule has 0 saturated heterocycles. The topological polar surface area (TPSA) is 132 Å². The Bertz CT molecular complexity index is 837. The van der Waals surface area contributed by atoms with Gasteiger partial charge in [0.1, 0.15) is 5.69 Å². The van der Waals surface area contributed by atoms with Gasteiger partial charge in [0, 0.05) is 30.4 Å². The molecular formula is C14H14N4O4S. The zero-order valence-corrected chi connectivity index (χ0v) is 12.9. The number of primary amides is 1. The Balaban J connectivity index is 2.37. The van der Waals surface area contributed by atoms with Crippen molar-refractivity contribution in [1.82, 2.24) is 15.3 Å². The minimum absolute atomic E-state index is 0.0886. The molecule has 2 amide bonds. The van der Waals surface area contributed by atoms with Crippen molar-refractivity contribution < 1.29 is 18.0 Å². The van der Waals surface area contributed by atoms with Crippen molar-refractivity contribution in [2.45, 2.75) is 5.37 Å². The third-order valence-corrected chi connectivity index (χ3v) is 4.22. The summed E-state index contributed by atoms with van der Waals surface area (Å²) in [6, 6.07) is 5.54. The second kappa shape index (κ2) is 6.53. The van der Waals surface area contributed by atoms with Gasteiger partial charge in [-0.2, -0.15) is 0 Å². The molecule has 0 aromatic carbocycles. The van der Waals surface area contributed by atoms with Gasteiger partial charge in [0.05, 0.1) is 0 Å². The van der Waals surface area contributed by atoms with E-state index in [9.17, 15) is 18.0 Å². The number of nitrogens with two attached hydrogens (primary N) is 1. The third kappa shape index (κ3) is 4.10. The van der Waals surface area contributed by atoms with Gasteiger partial charge in [-0.3, -0.25) is 19.6 Å². The molecule has 0 aliphatic rings. The van der Waals surface area contributed by atoms with Crippen molar-refractivity contribution in [3.8, 4) is 0 Å². The molecule has 120 valence electrons. The van der Waals surface area contributed by atoms with Crippen molar-refractivity contribution in [2.75, 3.05) is 6.26 Å². The summed E-state index contributed by atoms with van der Waals surface area (Å²) in [5.74, 6) is -1.38. The van der Waals surface area contributed by atoms with Gasteiger partial charge in [-0.1, -0.05) is 0 Å². The van der Waals surface area contributed by atoms with Crippen LogP contribution in [0.4, 0.5) is 0 Å². The first-order chi connectivity index (χ1) is 10.8. The molecule has 2 rings (SSSR count). The van der Waals surface area contributed by atoms with Crippen molar-refractivity contribution in [1.29, 1.82) is 0 Å². The van der Waals surface area contributed by atoms with E-state index < -0.39 is 27.0 Å². The SMILES string of the molecule is CS(=O)(=O)C(NC(=O)c1ccncc1)c1ccnc(C(N)=O)c1. The Hall–Kier alpha value is -2.81. The fourth-order valence-electron chi connectivity index (χ4n) is 1.89. The summed E-state index contributed by atoms with van der Waals surface area (Å²) in [6.45, 7) is 0. The van der Waals surface area contributed by atoms with Gasteiger partial charge in [-0.25, -0.2) is 8.42 Å². The number of carbonyl (C=O) groups excluding carboxylic acids is 2. The van der Waals surface area contributed by atoms with Gasteiger partial charge in [-0.15, -0.1) is 0 Å². The number of hydrogen-bond donors (Lipinski definition) is 2. The van der Waals surface area contributed by atoms with Crippen LogP contribution in [0, 0.1) is 0 Å².